The summed E-state index contributed by atoms with van der Waals surface area (Å²) >= 11 is 0. The van der Waals surface area contributed by atoms with Crippen LogP contribution < -0.4 is 15.2 Å². The maximum atomic E-state index is 9.03. The van der Waals surface area contributed by atoms with Crippen molar-refractivity contribution in [3.8, 4) is 23.0 Å². The van der Waals surface area contributed by atoms with Crippen LogP contribution in [0, 0.1) is 0 Å². The first-order valence-electron chi connectivity index (χ1n) is 8.22. The van der Waals surface area contributed by atoms with E-state index in [0.29, 0.717) is 30.6 Å². The first-order valence-corrected chi connectivity index (χ1v) is 8.22. The Morgan fingerprint density at radius 1 is 1.31 bits per heavy atom. The molecule has 0 spiro atoms. The maximum Gasteiger partial charge on any atom is 0.257 e. The van der Waals surface area contributed by atoms with Gasteiger partial charge < -0.3 is 20.3 Å². The Morgan fingerprint density at radius 3 is 3.12 bits per heavy atom. The highest BCUT2D eigenvalue weighted by molar-refractivity contribution is 5.55. The molecule has 1 aromatic carbocycles. The Kier molecular flexibility index (Phi) is 4.46. The average Bonchev–Trinajstić information content (AvgIpc) is 3.16. The molecule has 1 aliphatic rings. The average molecular weight is 354 g/mol. The normalized spacial score (nSPS) is 17.1. The van der Waals surface area contributed by atoms with Crippen LogP contribution in [0.1, 0.15) is 11.7 Å². The number of rotatable bonds is 5. The molecule has 4 rings (SSSR count). The van der Waals surface area contributed by atoms with Crippen LogP contribution in [0.4, 0.5) is 0 Å². The summed E-state index contributed by atoms with van der Waals surface area (Å²) in [6.45, 7) is 0.555. The minimum atomic E-state index is -0.427. The molecule has 3 heterocycles. The summed E-state index contributed by atoms with van der Waals surface area (Å²) in [5.41, 5.74) is 7.44. The van der Waals surface area contributed by atoms with E-state index < -0.39 is 6.04 Å². The highest BCUT2D eigenvalue weighted by Gasteiger charge is 2.24. The first-order chi connectivity index (χ1) is 12.7. The lowest BCUT2D eigenvalue weighted by Crippen LogP contribution is -2.30. The van der Waals surface area contributed by atoms with E-state index in [1.807, 2.05) is 30.3 Å². The lowest BCUT2D eigenvalue weighted by atomic mass is 10.1. The number of aliphatic hydroxyl groups is 1. The third kappa shape index (κ3) is 3.35. The van der Waals surface area contributed by atoms with Gasteiger partial charge in [0.25, 0.3) is 5.88 Å². The van der Waals surface area contributed by atoms with Gasteiger partial charge in [-0.1, -0.05) is 18.2 Å². The van der Waals surface area contributed by atoms with Gasteiger partial charge in [-0.25, -0.2) is 4.98 Å². The summed E-state index contributed by atoms with van der Waals surface area (Å²) in [4.78, 5) is 5.58. The van der Waals surface area contributed by atoms with Gasteiger partial charge >= 0.3 is 0 Å². The summed E-state index contributed by atoms with van der Waals surface area (Å²) in [7, 11) is 0. The van der Waals surface area contributed by atoms with Crippen LogP contribution in [0.25, 0.3) is 11.4 Å². The zero-order valence-corrected chi connectivity index (χ0v) is 13.9. The van der Waals surface area contributed by atoms with Gasteiger partial charge in [0.2, 0.25) is 5.82 Å². The van der Waals surface area contributed by atoms with Crippen molar-refractivity contribution in [2.45, 2.75) is 18.7 Å². The summed E-state index contributed by atoms with van der Waals surface area (Å²) < 4.78 is 11.7. The number of ether oxygens (including phenoxy) is 2. The number of hydrogen-bond donors (Lipinski definition) is 2. The molecule has 9 heteroatoms. The van der Waals surface area contributed by atoms with E-state index in [2.05, 4.69) is 20.4 Å². The molecule has 3 N–H and O–H groups in total. The quantitative estimate of drug-likeness (QED) is 0.682. The predicted molar refractivity (Wildman–Crippen MR) is 91.4 cm³/mol. The minimum absolute atomic E-state index is 0.138. The molecule has 0 saturated heterocycles. The van der Waals surface area contributed by atoms with Crippen LogP contribution in [0.3, 0.4) is 0 Å². The number of pyridine rings is 1. The molecular weight excluding hydrogens is 336 g/mol. The lowest BCUT2D eigenvalue weighted by Gasteiger charge is -2.25. The monoisotopic (exact) mass is 354 g/mol. The molecule has 2 atom stereocenters. The summed E-state index contributed by atoms with van der Waals surface area (Å²) in [5.74, 6) is 1.60. The van der Waals surface area contributed by atoms with Crippen molar-refractivity contribution in [2.24, 2.45) is 5.73 Å². The Morgan fingerprint density at radius 2 is 2.23 bits per heavy atom. The van der Waals surface area contributed by atoms with E-state index in [4.69, 9.17) is 20.3 Å². The SMILES string of the molecule is N[C@H](CO)Cn1nnc(-c2cccc([C@@H]3COc4cccnc4O3)c2)n1. The van der Waals surface area contributed by atoms with E-state index in [1.54, 1.807) is 12.3 Å². The summed E-state index contributed by atoms with van der Waals surface area (Å²) in [5, 5.41) is 21.4. The second-order valence-electron chi connectivity index (χ2n) is 5.96. The fraction of sp³-hybridized carbons (Fsp3) is 0.294. The molecule has 0 fully saturated rings. The fourth-order valence-electron chi connectivity index (χ4n) is 2.65. The molecule has 0 radical (unpaired) electrons. The smallest absolute Gasteiger partial charge is 0.257 e. The summed E-state index contributed by atoms with van der Waals surface area (Å²) in [6, 6.07) is 10.9. The number of aliphatic hydroxyl groups excluding tert-OH is 1. The number of benzene rings is 1. The van der Waals surface area contributed by atoms with Crippen LogP contribution in [0.5, 0.6) is 11.6 Å². The van der Waals surface area contributed by atoms with Crippen molar-refractivity contribution in [1.82, 2.24) is 25.2 Å². The standard InChI is InChI=1S/C17H18N6O3/c18-13(9-24)8-23-21-16(20-22-23)12-4-1-3-11(7-12)15-10-25-14-5-2-6-19-17(14)26-15/h1-7,13,15,24H,8-10,18H2/t13-,15-/m0/s1. The predicted octanol–water partition coefficient (Wildman–Crippen LogP) is 0.567. The van der Waals surface area contributed by atoms with Crippen molar-refractivity contribution < 1.29 is 14.6 Å². The van der Waals surface area contributed by atoms with E-state index in [-0.39, 0.29) is 12.7 Å². The van der Waals surface area contributed by atoms with E-state index in [0.717, 1.165) is 11.1 Å². The van der Waals surface area contributed by atoms with Gasteiger partial charge in [-0.3, -0.25) is 0 Å². The van der Waals surface area contributed by atoms with E-state index in [9.17, 15) is 0 Å². The van der Waals surface area contributed by atoms with E-state index >= 15 is 0 Å². The van der Waals surface area contributed by atoms with Crippen LogP contribution in [-0.2, 0) is 6.54 Å². The van der Waals surface area contributed by atoms with Crippen molar-refractivity contribution in [3.63, 3.8) is 0 Å². The van der Waals surface area contributed by atoms with Gasteiger partial charge in [-0.05, 0) is 29.0 Å². The van der Waals surface area contributed by atoms with Gasteiger partial charge in [0.05, 0.1) is 13.2 Å². The number of aromatic nitrogens is 5. The Hall–Kier alpha value is -3.04. The molecule has 9 nitrogen and oxygen atoms in total. The first kappa shape index (κ1) is 16.4. The largest absolute Gasteiger partial charge is 0.484 e. The molecule has 0 bridgehead atoms. The second-order valence-corrected chi connectivity index (χ2v) is 5.96. The molecule has 0 unspecified atom stereocenters. The number of nitrogens with two attached hydrogens (primary N) is 1. The van der Waals surface area contributed by atoms with Gasteiger partial charge in [-0.2, -0.15) is 4.80 Å². The molecule has 134 valence electrons. The van der Waals surface area contributed by atoms with Crippen molar-refractivity contribution in [1.29, 1.82) is 0 Å². The Balaban J connectivity index is 1.54. The molecule has 2 aromatic heterocycles. The van der Waals surface area contributed by atoms with Crippen LogP contribution in [0.15, 0.2) is 42.6 Å². The van der Waals surface area contributed by atoms with Crippen LogP contribution >= 0.6 is 0 Å². The number of tetrazole rings is 1. The van der Waals surface area contributed by atoms with E-state index in [1.165, 1.54) is 4.80 Å². The number of fused-ring (bicyclic) bond motifs is 1. The number of hydrogen-bond acceptors (Lipinski definition) is 8. The van der Waals surface area contributed by atoms with Crippen molar-refractivity contribution in [2.75, 3.05) is 13.2 Å². The zero-order valence-electron chi connectivity index (χ0n) is 13.9. The summed E-state index contributed by atoms with van der Waals surface area (Å²) in [6.07, 6.45) is 1.40. The molecule has 0 aliphatic carbocycles. The van der Waals surface area contributed by atoms with Gasteiger partial charge in [0.1, 0.15) is 6.61 Å². The lowest BCUT2D eigenvalue weighted by molar-refractivity contribution is 0.0851. The molecular formula is C17H18N6O3. The molecule has 26 heavy (non-hydrogen) atoms. The molecule has 0 saturated carbocycles. The fourth-order valence-corrected chi connectivity index (χ4v) is 2.65. The molecule has 0 amide bonds. The Bertz CT molecular complexity index is 899. The molecule has 1 aliphatic heterocycles. The van der Waals surface area contributed by atoms with Crippen LogP contribution in [0.2, 0.25) is 0 Å². The number of nitrogens with zero attached hydrogens (tertiary/aromatic N) is 5. The third-order valence-electron chi connectivity index (χ3n) is 3.98. The third-order valence-corrected chi connectivity index (χ3v) is 3.98. The topological polar surface area (TPSA) is 121 Å². The van der Waals surface area contributed by atoms with Crippen molar-refractivity contribution >= 4 is 0 Å². The Labute approximate surface area is 149 Å². The van der Waals surface area contributed by atoms with Crippen molar-refractivity contribution in [3.05, 3.63) is 48.2 Å². The highest BCUT2D eigenvalue weighted by Crippen LogP contribution is 2.34. The van der Waals surface area contributed by atoms with Gasteiger partial charge in [0, 0.05) is 17.8 Å². The minimum Gasteiger partial charge on any atom is -0.484 e. The highest BCUT2D eigenvalue weighted by atomic mass is 16.6. The second kappa shape index (κ2) is 7.06. The van der Waals surface area contributed by atoms with Gasteiger partial charge in [0.15, 0.2) is 11.9 Å². The zero-order chi connectivity index (χ0) is 17.9. The molecule has 3 aromatic rings. The van der Waals surface area contributed by atoms with Crippen LogP contribution in [-0.4, -0.2) is 49.6 Å². The maximum absolute atomic E-state index is 9.03. The van der Waals surface area contributed by atoms with Gasteiger partial charge in [-0.15, -0.1) is 10.2 Å².